The number of aromatic amines is 1. The fourth-order valence-corrected chi connectivity index (χ4v) is 6.30. The molecule has 1 fully saturated rings. The molecule has 0 radical (unpaired) electrons. The molecule has 0 aliphatic carbocycles. The lowest BCUT2D eigenvalue weighted by atomic mass is 9.99. The number of hydrogen-bond donors (Lipinski definition) is 7. The summed E-state index contributed by atoms with van der Waals surface area (Å²) in [7, 11) is -17.1. The average molecular weight is 574 g/mol. The SMILES string of the molecule is Nc1nc2c(ncn2[C@@H]2O[C@](CCl)(COP(=O)(O)OP(=O)(O)OP(=O)(O)O)[C@@H](O)[C@H]2F)c(=O)[nH]1. The minimum Gasteiger partial charge on any atom is -0.387 e. The number of phosphoric acid groups is 3. The van der Waals surface area contributed by atoms with Crippen LogP contribution in [0.2, 0.25) is 0 Å². The average Bonchev–Trinajstić information content (AvgIpc) is 3.18. The van der Waals surface area contributed by atoms with Gasteiger partial charge in [0, 0.05) is 0 Å². The van der Waals surface area contributed by atoms with Gasteiger partial charge in [-0.05, 0) is 0 Å². The van der Waals surface area contributed by atoms with Crippen molar-refractivity contribution in [2.75, 3.05) is 18.2 Å². The minimum atomic E-state index is -5.82. The van der Waals surface area contributed by atoms with Crippen LogP contribution in [0.4, 0.5) is 10.3 Å². The molecule has 0 saturated carbocycles. The number of aliphatic hydroxyl groups excluding tert-OH is 1. The van der Waals surface area contributed by atoms with Crippen molar-refractivity contribution < 1.29 is 60.6 Å². The van der Waals surface area contributed by atoms with Crippen LogP contribution in [0.5, 0.6) is 0 Å². The highest BCUT2D eigenvalue weighted by atomic mass is 35.5. The molecule has 23 heteroatoms. The predicted octanol–water partition coefficient (Wildman–Crippen LogP) is -0.750. The second-order valence-electron chi connectivity index (χ2n) is 6.74. The van der Waals surface area contributed by atoms with Gasteiger partial charge in [-0.15, -0.1) is 11.6 Å². The van der Waals surface area contributed by atoms with Gasteiger partial charge in [-0.25, -0.2) is 23.1 Å². The number of imidazole rings is 1. The Balaban J connectivity index is 1.83. The maximum atomic E-state index is 15.0. The Morgan fingerprint density at radius 1 is 1.26 bits per heavy atom. The Kier molecular flexibility index (Phi) is 7.46. The van der Waals surface area contributed by atoms with E-state index in [2.05, 4.69) is 28.1 Å². The zero-order valence-corrected chi connectivity index (χ0v) is 19.7. The zero-order valence-electron chi connectivity index (χ0n) is 16.2. The lowest BCUT2D eigenvalue weighted by Crippen LogP contribution is -2.47. The number of nitrogen functional groups attached to an aromatic ring is 1. The number of H-pyrrole nitrogens is 1. The maximum absolute atomic E-state index is 15.0. The van der Waals surface area contributed by atoms with Gasteiger partial charge < -0.3 is 35.2 Å². The van der Waals surface area contributed by atoms with Gasteiger partial charge in [0.25, 0.3) is 5.56 Å². The fourth-order valence-electron chi connectivity index (χ4n) is 2.92. The molecule has 2 unspecified atom stereocenters. The van der Waals surface area contributed by atoms with E-state index in [1.165, 1.54) is 0 Å². The monoisotopic (exact) mass is 573 g/mol. The van der Waals surface area contributed by atoms with Gasteiger partial charge >= 0.3 is 23.5 Å². The van der Waals surface area contributed by atoms with Gasteiger partial charge in [0.15, 0.2) is 23.6 Å². The molecule has 3 heterocycles. The fraction of sp³-hybridized carbons (Fsp3) is 0.545. The second-order valence-corrected chi connectivity index (χ2v) is 11.4. The Hall–Kier alpha value is -1.30. The van der Waals surface area contributed by atoms with E-state index in [9.17, 15) is 37.8 Å². The van der Waals surface area contributed by atoms with Crippen LogP contribution in [0.15, 0.2) is 11.1 Å². The molecule has 2 aromatic rings. The molecule has 0 amide bonds. The van der Waals surface area contributed by atoms with E-state index in [0.717, 1.165) is 10.9 Å². The Morgan fingerprint density at radius 2 is 1.91 bits per heavy atom. The lowest BCUT2D eigenvalue weighted by molar-refractivity contribution is -0.111. The van der Waals surface area contributed by atoms with E-state index in [1.807, 2.05) is 0 Å². The highest BCUT2D eigenvalue weighted by molar-refractivity contribution is 7.66. The van der Waals surface area contributed by atoms with Crippen molar-refractivity contribution in [3.63, 3.8) is 0 Å². The van der Waals surface area contributed by atoms with Crippen molar-refractivity contribution in [2.24, 2.45) is 0 Å². The second kappa shape index (κ2) is 9.29. The van der Waals surface area contributed by atoms with E-state index in [1.54, 1.807) is 0 Å². The molecule has 192 valence electrons. The molecular formula is C11H16ClFN5O13P3. The molecule has 0 aromatic carbocycles. The van der Waals surface area contributed by atoms with E-state index >= 15 is 0 Å². The quantitative estimate of drug-likeness (QED) is 0.143. The van der Waals surface area contributed by atoms with Crippen LogP contribution in [-0.4, -0.2) is 74.6 Å². The summed E-state index contributed by atoms with van der Waals surface area (Å²) in [5.74, 6) is -1.12. The Bertz CT molecular complexity index is 1280. The summed E-state index contributed by atoms with van der Waals surface area (Å²) in [5, 5.41) is 10.4. The molecule has 6 atom stereocenters. The third-order valence-corrected chi connectivity index (χ3v) is 8.54. The third kappa shape index (κ3) is 5.74. The van der Waals surface area contributed by atoms with Crippen molar-refractivity contribution in [3.8, 4) is 0 Å². The minimum absolute atomic E-state index is 0.237. The topological polar surface area (TPSA) is 279 Å². The first kappa shape index (κ1) is 27.3. The normalized spacial score (nSPS) is 29.2. The summed E-state index contributed by atoms with van der Waals surface area (Å²) in [6.07, 6.45) is -5.25. The van der Waals surface area contributed by atoms with Crippen molar-refractivity contribution in [3.05, 3.63) is 16.7 Å². The van der Waals surface area contributed by atoms with Gasteiger partial charge in [-0.2, -0.15) is 13.6 Å². The van der Waals surface area contributed by atoms with Gasteiger partial charge in [-0.1, -0.05) is 0 Å². The van der Waals surface area contributed by atoms with Crippen molar-refractivity contribution in [1.82, 2.24) is 19.5 Å². The molecular weight excluding hydrogens is 558 g/mol. The number of nitrogens with two attached hydrogens (primary N) is 1. The summed E-state index contributed by atoms with van der Waals surface area (Å²) >= 11 is 5.78. The molecule has 1 saturated heterocycles. The molecule has 0 spiro atoms. The van der Waals surface area contributed by atoms with Crippen LogP contribution in [0.25, 0.3) is 11.2 Å². The first-order valence-electron chi connectivity index (χ1n) is 8.56. The summed E-state index contributed by atoms with van der Waals surface area (Å²) in [6.45, 7) is -1.24. The van der Waals surface area contributed by atoms with Crippen LogP contribution < -0.4 is 11.3 Å². The number of hydrogen-bond acceptors (Lipinski definition) is 12. The Labute approximate surface area is 191 Å². The number of fused-ring (bicyclic) bond motifs is 1. The highest BCUT2D eigenvalue weighted by Gasteiger charge is 2.57. The standard InChI is InChI=1S/C11H16ClFN5O13P3/c12-1-11(2-28-33(24,25)31-34(26,27)30-32(21,22)23)6(19)4(13)9(29-11)18-3-15-5-7(18)16-10(14)17-8(5)20/h3-4,6,9,19H,1-2H2,(H,24,25)(H,26,27)(H2,21,22,23)(H3,14,16,17,20)/t4-,6+,9-,11-/m1/s1. The molecule has 1 aliphatic heterocycles. The summed E-state index contributed by atoms with van der Waals surface area (Å²) in [4.78, 5) is 57.5. The van der Waals surface area contributed by atoms with Crippen molar-refractivity contribution in [2.45, 2.75) is 24.1 Å². The zero-order chi connectivity index (χ0) is 25.7. The largest absolute Gasteiger partial charge is 0.490 e. The number of aromatic nitrogens is 4. The number of aliphatic hydroxyl groups is 1. The smallest absolute Gasteiger partial charge is 0.387 e. The third-order valence-electron chi connectivity index (χ3n) is 4.31. The van der Waals surface area contributed by atoms with Gasteiger partial charge in [-0.3, -0.25) is 18.9 Å². The molecule has 8 N–H and O–H groups in total. The summed E-state index contributed by atoms with van der Waals surface area (Å²) in [5.41, 5.74) is 1.94. The molecule has 18 nitrogen and oxygen atoms in total. The Morgan fingerprint density at radius 3 is 2.50 bits per heavy atom. The highest BCUT2D eigenvalue weighted by Crippen LogP contribution is 2.66. The lowest BCUT2D eigenvalue weighted by Gasteiger charge is -2.29. The number of ether oxygens (including phenoxy) is 1. The summed E-state index contributed by atoms with van der Waals surface area (Å²) < 4.78 is 67.0. The van der Waals surface area contributed by atoms with Crippen LogP contribution in [0, 0.1) is 0 Å². The maximum Gasteiger partial charge on any atom is 0.490 e. The molecule has 1 aliphatic rings. The molecule has 2 aromatic heterocycles. The number of anilines is 1. The summed E-state index contributed by atoms with van der Waals surface area (Å²) in [6, 6.07) is 0. The number of alkyl halides is 2. The number of nitrogens with zero attached hydrogens (tertiary/aromatic N) is 3. The van der Waals surface area contributed by atoms with E-state index in [4.69, 9.17) is 31.9 Å². The molecule has 3 rings (SSSR count). The van der Waals surface area contributed by atoms with Crippen LogP contribution >= 0.6 is 35.1 Å². The van der Waals surface area contributed by atoms with Gasteiger partial charge in [0.1, 0.15) is 11.7 Å². The van der Waals surface area contributed by atoms with Crippen LogP contribution in [0.3, 0.4) is 0 Å². The first-order valence-corrected chi connectivity index (χ1v) is 13.6. The number of rotatable bonds is 9. The first-order chi connectivity index (χ1) is 15.5. The van der Waals surface area contributed by atoms with Crippen molar-refractivity contribution >= 4 is 52.2 Å². The van der Waals surface area contributed by atoms with Crippen molar-refractivity contribution in [1.29, 1.82) is 0 Å². The van der Waals surface area contributed by atoms with E-state index in [0.29, 0.717) is 0 Å². The van der Waals surface area contributed by atoms with Crippen LogP contribution in [0.1, 0.15) is 6.23 Å². The van der Waals surface area contributed by atoms with Crippen LogP contribution in [-0.2, 0) is 31.6 Å². The van der Waals surface area contributed by atoms with Gasteiger partial charge in [0.2, 0.25) is 5.95 Å². The number of halogens is 2. The number of nitrogens with one attached hydrogen (secondary N) is 1. The molecule has 34 heavy (non-hydrogen) atoms. The molecule has 0 bridgehead atoms. The predicted molar refractivity (Wildman–Crippen MR) is 107 cm³/mol. The van der Waals surface area contributed by atoms with Gasteiger partial charge in [0.05, 0.1) is 18.8 Å². The number of phosphoric ester groups is 1. The van der Waals surface area contributed by atoms with E-state index in [-0.39, 0.29) is 17.1 Å². The van der Waals surface area contributed by atoms with E-state index < -0.39 is 65.6 Å².